The van der Waals surface area contributed by atoms with Crippen molar-refractivity contribution < 1.29 is 23.1 Å². The highest BCUT2D eigenvalue weighted by Crippen LogP contribution is 2.06. The van der Waals surface area contributed by atoms with Crippen LogP contribution in [0.4, 0.5) is 0 Å². The first kappa shape index (κ1) is 17.3. The Morgan fingerprint density at radius 3 is 2.44 bits per heavy atom. The normalized spacial score (nSPS) is 13.6. The number of carbonyl (C=O) groups is 1. The summed E-state index contributed by atoms with van der Waals surface area (Å²) < 4.78 is 30.4. The van der Waals surface area contributed by atoms with Crippen molar-refractivity contribution in [1.29, 1.82) is 0 Å². The molecule has 0 radical (unpaired) electrons. The molecule has 0 saturated carbocycles. The number of hydrogen-bond acceptors (Lipinski definition) is 5. The van der Waals surface area contributed by atoms with Crippen LogP contribution < -0.4 is 4.72 Å². The number of rotatable bonds is 9. The molecule has 6 nitrogen and oxygen atoms in total. The number of nitrogens with one attached hydrogen (secondary N) is 1. The minimum Gasteiger partial charge on any atom is -0.466 e. The summed E-state index contributed by atoms with van der Waals surface area (Å²) in [6, 6.07) is -0.503. The molecule has 0 aliphatic heterocycles. The molecule has 0 aliphatic carbocycles. The molecule has 7 heteroatoms. The molecule has 0 rings (SSSR count). The SMILES string of the molecule is CCOC(=O)CCS(=O)(=O)NC(CO)CC(C)C. The van der Waals surface area contributed by atoms with Crippen LogP contribution in [0.3, 0.4) is 0 Å². The van der Waals surface area contributed by atoms with E-state index in [2.05, 4.69) is 9.46 Å². The number of esters is 1. The molecule has 0 spiro atoms. The van der Waals surface area contributed by atoms with Gasteiger partial charge in [0.15, 0.2) is 0 Å². The Labute approximate surface area is 109 Å². The van der Waals surface area contributed by atoms with E-state index >= 15 is 0 Å². The van der Waals surface area contributed by atoms with E-state index in [1.54, 1.807) is 6.92 Å². The fourth-order valence-corrected chi connectivity index (χ4v) is 2.72. The highest BCUT2D eigenvalue weighted by molar-refractivity contribution is 7.89. The molecular formula is C11H23NO5S. The van der Waals surface area contributed by atoms with Crippen molar-refractivity contribution in [2.24, 2.45) is 5.92 Å². The van der Waals surface area contributed by atoms with Gasteiger partial charge in [0.1, 0.15) is 0 Å². The van der Waals surface area contributed by atoms with Crippen LogP contribution in [-0.4, -0.2) is 44.5 Å². The summed E-state index contributed by atoms with van der Waals surface area (Å²) in [4.78, 5) is 11.1. The van der Waals surface area contributed by atoms with Crippen molar-refractivity contribution in [2.45, 2.75) is 39.7 Å². The van der Waals surface area contributed by atoms with Gasteiger partial charge in [-0.25, -0.2) is 13.1 Å². The molecule has 2 N–H and O–H groups in total. The molecular weight excluding hydrogens is 258 g/mol. The van der Waals surface area contributed by atoms with Gasteiger partial charge in [-0.3, -0.25) is 4.79 Å². The first-order chi connectivity index (χ1) is 8.30. The molecule has 0 amide bonds. The summed E-state index contributed by atoms with van der Waals surface area (Å²) in [6.45, 7) is 5.52. The number of carbonyl (C=O) groups excluding carboxylic acids is 1. The molecule has 0 heterocycles. The molecule has 1 unspecified atom stereocenters. The number of aliphatic hydroxyl groups excluding tert-OH is 1. The molecule has 0 aliphatic rings. The minimum atomic E-state index is -3.56. The second-order valence-corrected chi connectivity index (χ2v) is 6.37. The predicted molar refractivity (Wildman–Crippen MR) is 68.5 cm³/mol. The summed E-state index contributed by atoms with van der Waals surface area (Å²) in [5.41, 5.74) is 0. The van der Waals surface area contributed by atoms with Gasteiger partial charge >= 0.3 is 5.97 Å². The van der Waals surface area contributed by atoms with Crippen LogP contribution in [0.15, 0.2) is 0 Å². The van der Waals surface area contributed by atoms with Gasteiger partial charge in [0.05, 0.1) is 25.4 Å². The third kappa shape index (κ3) is 8.43. The van der Waals surface area contributed by atoms with E-state index in [0.717, 1.165) is 0 Å². The van der Waals surface area contributed by atoms with Crippen molar-refractivity contribution in [3.63, 3.8) is 0 Å². The number of aliphatic hydroxyl groups is 1. The van der Waals surface area contributed by atoms with Gasteiger partial charge in [-0.1, -0.05) is 13.8 Å². The third-order valence-electron chi connectivity index (χ3n) is 2.20. The zero-order chi connectivity index (χ0) is 14.2. The van der Waals surface area contributed by atoms with Crippen LogP contribution in [0, 0.1) is 5.92 Å². The molecule has 0 fully saturated rings. The van der Waals surface area contributed by atoms with Crippen molar-refractivity contribution in [3.05, 3.63) is 0 Å². The zero-order valence-electron chi connectivity index (χ0n) is 11.2. The number of hydrogen-bond donors (Lipinski definition) is 2. The highest BCUT2D eigenvalue weighted by Gasteiger charge is 2.19. The maximum absolute atomic E-state index is 11.7. The van der Waals surface area contributed by atoms with Gasteiger partial charge in [-0.05, 0) is 19.3 Å². The molecule has 0 saturated heterocycles. The summed E-state index contributed by atoms with van der Waals surface area (Å²) in [6.07, 6.45) is 0.373. The van der Waals surface area contributed by atoms with Crippen molar-refractivity contribution in [3.8, 4) is 0 Å². The Bertz CT molecular complexity index is 339. The van der Waals surface area contributed by atoms with Crippen molar-refractivity contribution in [1.82, 2.24) is 4.72 Å². The first-order valence-corrected chi connectivity index (χ1v) is 7.72. The number of ether oxygens (including phenoxy) is 1. The maximum Gasteiger partial charge on any atom is 0.306 e. The molecule has 0 aromatic rings. The van der Waals surface area contributed by atoms with E-state index in [4.69, 9.17) is 5.11 Å². The Kier molecular flexibility index (Phi) is 8.13. The van der Waals surface area contributed by atoms with Gasteiger partial charge in [0, 0.05) is 6.04 Å². The van der Waals surface area contributed by atoms with E-state index in [-0.39, 0.29) is 31.3 Å². The van der Waals surface area contributed by atoms with Gasteiger partial charge in [-0.2, -0.15) is 0 Å². The standard InChI is InChI=1S/C11H23NO5S/c1-4-17-11(14)5-6-18(15,16)12-10(8-13)7-9(2)3/h9-10,12-13H,4-8H2,1-3H3. The molecule has 18 heavy (non-hydrogen) atoms. The average molecular weight is 281 g/mol. The van der Waals surface area contributed by atoms with Crippen LogP contribution in [-0.2, 0) is 19.6 Å². The fourth-order valence-electron chi connectivity index (χ4n) is 1.49. The summed E-state index contributed by atoms with van der Waals surface area (Å²) >= 11 is 0. The smallest absolute Gasteiger partial charge is 0.306 e. The Hall–Kier alpha value is -0.660. The van der Waals surface area contributed by atoms with Gasteiger partial charge < -0.3 is 9.84 Å². The monoisotopic (exact) mass is 281 g/mol. The zero-order valence-corrected chi connectivity index (χ0v) is 12.0. The van der Waals surface area contributed by atoms with E-state index in [1.807, 2.05) is 13.8 Å². The van der Waals surface area contributed by atoms with Gasteiger partial charge in [0.25, 0.3) is 0 Å². The van der Waals surface area contributed by atoms with Crippen LogP contribution in [0.5, 0.6) is 0 Å². The molecule has 0 bridgehead atoms. The average Bonchev–Trinajstić information content (AvgIpc) is 2.25. The Morgan fingerprint density at radius 1 is 1.39 bits per heavy atom. The topological polar surface area (TPSA) is 92.7 Å². The van der Waals surface area contributed by atoms with Crippen LogP contribution in [0.1, 0.15) is 33.6 Å². The van der Waals surface area contributed by atoms with Crippen LogP contribution in [0.2, 0.25) is 0 Å². The van der Waals surface area contributed by atoms with E-state index in [0.29, 0.717) is 6.42 Å². The molecule has 0 aromatic heterocycles. The maximum atomic E-state index is 11.7. The van der Waals surface area contributed by atoms with Crippen LogP contribution in [0.25, 0.3) is 0 Å². The number of sulfonamides is 1. The second-order valence-electron chi connectivity index (χ2n) is 4.50. The molecule has 1 atom stereocenters. The molecule has 108 valence electrons. The Morgan fingerprint density at radius 2 is 2.00 bits per heavy atom. The lowest BCUT2D eigenvalue weighted by atomic mass is 10.1. The van der Waals surface area contributed by atoms with Gasteiger partial charge in [-0.15, -0.1) is 0 Å². The van der Waals surface area contributed by atoms with Gasteiger partial charge in [0.2, 0.25) is 10.0 Å². The first-order valence-electron chi connectivity index (χ1n) is 6.07. The lowest BCUT2D eigenvalue weighted by molar-refractivity contribution is -0.142. The van der Waals surface area contributed by atoms with Crippen molar-refractivity contribution >= 4 is 16.0 Å². The predicted octanol–water partition coefficient (Wildman–Crippen LogP) is 0.266. The second kappa shape index (κ2) is 8.44. The summed E-state index contributed by atoms with van der Waals surface area (Å²) in [5, 5.41) is 9.08. The Balaban J connectivity index is 4.24. The minimum absolute atomic E-state index is 0.178. The quantitative estimate of drug-likeness (QED) is 0.592. The summed E-state index contributed by atoms with van der Waals surface area (Å²) in [7, 11) is -3.56. The fraction of sp³-hybridized carbons (Fsp3) is 0.909. The van der Waals surface area contributed by atoms with Crippen molar-refractivity contribution in [2.75, 3.05) is 19.0 Å². The summed E-state index contributed by atoms with van der Waals surface area (Å²) in [5.74, 6) is -0.581. The lowest BCUT2D eigenvalue weighted by Crippen LogP contribution is -2.40. The van der Waals surface area contributed by atoms with Crippen LogP contribution >= 0.6 is 0 Å². The lowest BCUT2D eigenvalue weighted by Gasteiger charge is -2.18. The molecule has 0 aromatic carbocycles. The van der Waals surface area contributed by atoms with E-state index in [1.165, 1.54) is 0 Å². The van der Waals surface area contributed by atoms with E-state index in [9.17, 15) is 13.2 Å². The highest BCUT2D eigenvalue weighted by atomic mass is 32.2. The largest absolute Gasteiger partial charge is 0.466 e. The third-order valence-corrected chi connectivity index (χ3v) is 3.64. The van der Waals surface area contributed by atoms with E-state index < -0.39 is 22.0 Å².